The summed E-state index contributed by atoms with van der Waals surface area (Å²) in [5.41, 5.74) is 2.28. The molecule has 1 aromatic rings. The largest absolute Gasteiger partial charge is 0.381 e. The molecule has 2 heterocycles. The van der Waals surface area contributed by atoms with Gasteiger partial charge in [0.05, 0.1) is 12.3 Å². The van der Waals surface area contributed by atoms with Crippen LogP contribution >= 0.6 is 0 Å². The molecule has 2 rings (SSSR count). The van der Waals surface area contributed by atoms with Crippen molar-refractivity contribution in [3.05, 3.63) is 11.4 Å². The fourth-order valence-corrected chi connectivity index (χ4v) is 1.89. The molecule has 78 valence electrons. The van der Waals surface area contributed by atoms with Gasteiger partial charge in [0.15, 0.2) is 0 Å². The Kier molecular flexibility index (Phi) is 2.79. The summed E-state index contributed by atoms with van der Waals surface area (Å²) >= 11 is 0. The van der Waals surface area contributed by atoms with Gasteiger partial charge in [-0.2, -0.15) is 0 Å². The van der Waals surface area contributed by atoms with Gasteiger partial charge >= 0.3 is 0 Å². The first-order chi connectivity index (χ1) is 6.83. The second kappa shape index (κ2) is 4.06. The highest BCUT2D eigenvalue weighted by Gasteiger charge is 2.24. The molecule has 5 nitrogen and oxygen atoms in total. The predicted octanol–water partition coefficient (Wildman–Crippen LogP) is 0.0384. The van der Waals surface area contributed by atoms with Crippen molar-refractivity contribution in [2.45, 2.75) is 19.4 Å². The van der Waals surface area contributed by atoms with E-state index in [0.717, 1.165) is 32.0 Å². The molecular formula is C9H16N4O. The van der Waals surface area contributed by atoms with Crippen molar-refractivity contribution in [3.8, 4) is 0 Å². The maximum atomic E-state index is 5.45. The Morgan fingerprint density at radius 2 is 2.50 bits per heavy atom. The molecule has 0 spiro atoms. The van der Waals surface area contributed by atoms with Crippen LogP contribution in [0.3, 0.4) is 0 Å². The lowest BCUT2D eigenvalue weighted by Gasteiger charge is -2.22. The maximum Gasteiger partial charge on any atom is 0.100 e. The Bertz CT molecular complexity index is 310. The van der Waals surface area contributed by atoms with Crippen molar-refractivity contribution in [2.24, 2.45) is 7.05 Å². The van der Waals surface area contributed by atoms with E-state index in [-0.39, 0.29) is 0 Å². The van der Waals surface area contributed by atoms with Crippen molar-refractivity contribution in [1.82, 2.24) is 20.3 Å². The van der Waals surface area contributed by atoms with Crippen LogP contribution in [0.4, 0.5) is 0 Å². The van der Waals surface area contributed by atoms with Gasteiger partial charge in [0.2, 0.25) is 0 Å². The zero-order valence-electron chi connectivity index (χ0n) is 8.66. The molecule has 0 unspecified atom stereocenters. The van der Waals surface area contributed by atoms with E-state index < -0.39 is 0 Å². The molecule has 0 fully saturated rings. The van der Waals surface area contributed by atoms with E-state index in [1.165, 1.54) is 5.69 Å². The van der Waals surface area contributed by atoms with E-state index in [4.69, 9.17) is 4.74 Å². The number of nitrogens with one attached hydrogen (secondary N) is 1. The second-order valence-corrected chi connectivity index (χ2v) is 3.53. The highest BCUT2D eigenvalue weighted by atomic mass is 16.5. The summed E-state index contributed by atoms with van der Waals surface area (Å²) in [6.45, 7) is 5.30. The van der Waals surface area contributed by atoms with Gasteiger partial charge in [-0.25, -0.2) is 0 Å². The lowest BCUT2D eigenvalue weighted by Crippen LogP contribution is -2.32. The molecule has 0 amide bonds. The number of aryl methyl sites for hydroxylation is 1. The molecule has 1 N–H and O–H groups in total. The van der Waals surface area contributed by atoms with E-state index in [1.54, 1.807) is 0 Å². The van der Waals surface area contributed by atoms with Crippen LogP contribution in [0.5, 0.6) is 0 Å². The maximum absolute atomic E-state index is 5.45. The van der Waals surface area contributed by atoms with Crippen molar-refractivity contribution in [1.29, 1.82) is 0 Å². The van der Waals surface area contributed by atoms with Gasteiger partial charge in [0.25, 0.3) is 0 Å². The van der Waals surface area contributed by atoms with Crippen LogP contribution in [-0.2, 0) is 18.3 Å². The van der Waals surface area contributed by atoms with Crippen LogP contribution in [0, 0.1) is 0 Å². The molecule has 0 aromatic carbocycles. The number of nitrogens with zero attached hydrogens (tertiary/aromatic N) is 3. The molecular weight excluding hydrogens is 180 g/mol. The van der Waals surface area contributed by atoms with E-state index >= 15 is 0 Å². The molecule has 0 saturated carbocycles. The summed E-state index contributed by atoms with van der Waals surface area (Å²) in [6, 6.07) is 0. The number of ether oxygens (including phenoxy) is 1. The van der Waals surface area contributed by atoms with Gasteiger partial charge in [0.1, 0.15) is 5.69 Å². The highest BCUT2D eigenvalue weighted by molar-refractivity contribution is 5.19. The molecule has 0 bridgehead atoms. The van der Waals surface area contributed by atoms with Crippen molar-refractivity contribution < 1.29 is 4.74 Å². The minimum absolute atomic E-state index is 0.388. The Hall–Kier alpha value is -0.940. The first-order valence-electron chi connectivity index (χ1n) is 4.99. The Morgan fingerprint density at radius 1 is 1.64 bits per heavy atom. The molecule has 0 aliphatic carbocycles. The molecule has 5 heteroatoms. The third-order valence-electron chi connectivity index (χ3n) is 2.54. The number of hydrogen-bond donors (Lipinski definition) is 1. The summed E-state index contributed by atoms with van der Waals surface area (Å²) in [6.07, 6.45) is 0. The average molecular weight is 196 g/mol. The van der Waals surface area contributed by atoms with Crippen molar-refractivity contribution >= 4 is 0 Å². The van der Waals surface area contributed by atoms with Crippen molar-refractivity contribution in [3.63, 3.8) is 0 Å². The SMILES string of the molecule is CCOC[C@@H]1CNCc2nnn(C)c21. The number of aromatic nitrogens is 3. The first-order valence-corrected chi connectivity index (χ1v) is 4.99. The van der Waals surface area contributed by atoms with Gasteiger partial charge in [-0.1, -0.05) is 5.21 Å². The lowest BCUT2D eigenvalue weighted by molar-refractivity contribution is 0.127. The number of fused-ring (bicyclic) bond motifs is 1. The van der Waals surface area contributed by atoms with Crippen LogP contribution in [0.15, 0.2) is 0 Å². The molecule has 14 heavy (non-hydrogen) atoms. The summed E-state index contributed by atoms with van der Waals surface area (Å²) in [5.74, 6) is 0.388. The van der Waals surface area contributed by atoms with Crippen LogP contribution in [0.25, 0.3) is 0 Å². The Balaban J connectivity index is 2.16. The fraction of sp³-hybridized carbons (Fsp3) is 0.778. The van der Waals surface area contributed by atoms with Crippen LogP contribution in [0.2, 0.25) is 0 Å². The smallest absolute Gasteiger partial charge is 0.100 e. The average Bonchev–Trinajstić information content (AvgIpc) is 2.58. The molecule has 1 aromatic heterocycles. The summed E-state index contributed by atoms with van der Waals surface area (Å²) in [7, 11) is 1.94. The normalized spacial score (nSPS) is 20.9. The van der Waals surface area contributed by atoms with Gasteiger partial charge in [-0.3, -0.25) is 4.68 Å². The first kappa shape index (κ1) is 9.61. The number of hydrogen-bond acceptors (Lipinski definition) is 4. The third-order valence-corrected chi connectivity index (χ3v) is 2.54. The predicted molar refractivity (Wildman–Crippen MR) is 51.9 cm³/mol. The van der Waals surface area contributed by atoms with E-state index in [9.17, 15) is 0 Å². The lowest BCUT2D eigenvalue weighted by atomic mass is 10.0. The second-order valence-electron chi connectivity index (χ2n) is 3.53. The van der Waals surface area contributed by atoms with Gasteiger partial charge in [0, 0.05) is 32.7 Å². The minimum atomic E-state index is 0.388. The highest BCUT2D eigenvalue weighted by Crippen LogP contribution is 2.21. The Labute approximate surface area is 83.4 Å². The summed E-state index contributed by atoms with van der Waals surface area (Å²) < 4.78 is 7.31. The minimum Gasteiger partial charge on any atom is -0.381 e. The zero-order valence-corrected chi connectivity index (χ0v) is 8.66. The molecule has 1 aliphatic rings. The van der Waals surface area contributed by atoms with Crippen LogP contribution in [0.1, 0.15) is 24.2 Å². The molecule has 1 atom stereocenters. The monoisotopic (exact) mass is 196 g/mol. The van der Waals surface area contributed by atoms with Crippen LogP contribution in [-0.4, -0.2) is 34.8 Å². The molecule has 0 radical (unpaired) electrons. The van der Waals surface area contributed by atoms with Gasteiger partial charge in [-0.15, -0.1) is 5.10 Å². The van der Waals surface area contributed by atoms with E-state index in [1.807, 2.05) is 18.7 Å². The van der Waals surface area contributed by atoms with E-state index in [0.29, 0.717) is 5.92 Å². The van der Waals surface area contributed by atoms with Gasteiger partial charge < -0.3 is 10.1 Å². The topological polar surface area (TPSA) is 52.0 Å². The van der Waals surface area contributed by atoms with E-state index in [2.05, 4.69) is 15.6 Å². The summed E-state index contributed by atoms with van der Waals surface area (Å²) in [4.78, 5) is 0. The summed E-state index contributed by atoms with van der Waals surface area (Å²) in [5, 5.41) is 11.5. The fourth-order valence-electron chi connectivity index (χ4n) is 1.89. The standard InChI is InChI=1S/C9H16N4O/c1-3-14-6-7-4-10-5-8-9(7)13(2)12-11-8/h7,10H,3-6H2,1-2H3/t7-/m0/s1. The van der Waals surface area contributed by atoms with Gasteiger partial charge in [-0.05, 0) is 6.92 Å². The van der Waals surface area contributed by atoms with Crippen LogP contribution < -0.4 is 5.32 Å². The quantitative estimate of drug-likeness (QED) is 0.741. The molecule has 0 saturated heterocycles. The molecule has 1 aliphatic heterocycles. The third kappa shape index (κ3) is 1.65. The number of rotatable bonds is 3. The zero-order chi connectivity index (χ0) is 9.97. The van der Waals surface area contributed by atoms with Crippen molar-refractivity contribution in [2.75, 3.05) is 19.8 Å². The Morgan fingerprint density at radius 3 is 3.29 bits per heavy atom.